The number of ether oxygens (including phenoxy) is 1. The average Bonchev–Trinajstić information content (AvgIpc) is 3.35. The van der Waals surface area contributed by atoms with Gasteiger partial charge in [-0.25, -0.2) is 8.42 Å². The average molecular weight is 359 g/mol. The van der Waals surface area contributed by atoms with Crippen LogP contribution in [0.1, 0.15) is 18.4 Å². The van der Waals surface area contributed by atoms with Gasteiger partial charge in [-0.1, -0.05) is 48.5 Å². The molecule has 5 nitrogen and oxygen atoms in total. The topological polar surface area (TPSA) is 86.5 Å². The van der Waals surface area contributed by atoms with Gasteiger partial charge in [-0.15, -0.1) is 0 Å². The minimum atomic E-state index is -3.73. The van der Waals surface area contributed by atoms with E-state index in [9.17, 15) is 13.2 Å². The highest BCUT2D eigenvalue weighted by Crippen LogP contribution is 2.64. The second-order valence-electron chi connectivity index (χ2n) is 6.13. The highest BCUT2D eigenvalue weighted by Gasteiger charge is 2.75. The molecule has 1 saturated carbocycles. The molecule has 0 heterocycles. The molecule has 1 fully saturated rings. The van der Waals surface area contributed by atoms with Gasteiger partial charge >= 0.3 is 5.97 Å². The van der Waals surface area contributed by atoms with E-state index < -0.39 is 32.4 Å². The van der Waals surface area contributed by atoms with Crippen molar-refractivity contribution in [3.05, 3.63) is 66.2 Å². The van der Waals surface area contributed by atoms with Gasteiger partial charge in [-0.3, -0.25) is 4.79 Å². The lowest BCUT2D eigenvalue weighted by atomic mass is 9.99. The lowest BCUT2D eigenvalue weighted by Crippen LogP contribution is -2.33. The summed E-state index contributed by atoms with van der Waals surface area (Å²) in [6.07, 6.45) is 0. The molecule has 25 heavy (non-hydrogen) atoms. The number of sulfone groups is 1. The fraction of sp³-hybridized carbons (Fsp3) is 0.316. The van der Waals surface area contributed by atoms with Crippen LogP contribution in [0.25, 0.3) is 0 Å². The lowest BCUT2D eigenvalue weighted by molar-refractivity contribution is -0.149. The van der Waals surface area contributed by atoms with Gasteiger partial charge in [0.05, 0.1) is 16.8 Å². The Hall–Kier alpha value is -2.18. The van der Waals surface area contributed by atoms with Crippen LogP contribution in [-0.4, -0.2) is 32.8 Å². The molecule has 1 aliphatic carbocycles. The van der Waals surface area contributed by atoms with Crippen LogP contribution in [-0.2, 0) is 19.4 Å². The molecule has 0 aromatic heterocycles. The Morgan fingerprint density at radius 2 is 1.64 bits per heavy atom. The number of nitrogens with two attached hydrogens (primary N) is 1. The summed E-state index contributed by atoms with van der Waals surface area (Å²) in [4.78, 5) is 12.9. The number of rotatable bonds is 6. The monoisotopic (exact) mass is 359 g/mol. The second kappa shape index (κ2) is 6.61. The number of hydrogen-bond donors (Lipinski definition) is 1. The molecule has 2 N–H and O–H groups in total. The maximum absolute atomic E-state index is 13.2. The SMILES string of the molecule is CCOC(=O)[C@@]1(CN)[C@@H](c2ccccc2)[C@@H]1S(=O)(=O)c1ccccc1. The number of carbonyl (C=O) groups excluding carboxylic acids is 1. The molecular formula is C19H21NO4S. The fourth-order valence-electron chi connectivity index (χ4n) is 3.59. The zero-order chi connectivity index (χ0) is 18.1. The Kier molecular flexibility index (Phi) is 4.67. The van der Waals surface area contributed by atoms with E-state index in [2.05, 4.69) is 0 Å². The Labute approximate surface area is 147 Å². The summed E-state index contributed by atoms with van der Waals surface area (Å²) in [6.45, 7) is 1.80. The molecule has 0 saturated heterocycles. The van der Waals surface area contributed by atoms with Gasteiger partial charge in [0, 0.05) is 12.5 Å². The van der Waals surface area contributed by atoms with Crippen LogP contribution in [0.2, 0.25) is 0 Å². The molecule has 0 unspecified atom stereocenters. The van der Waals surface area contributed by atoms with Crippen molar-refractivity contribution in [1.82, 2.24) is 0 Å². The van der Waals surface area contributed by atoms with Crippen LogP contribution in [0.4, 0.5) is 0 Å². The normalized spacial score (nSPS) is 25.4. The Bertz CT molecular complexity index is 852. The highest BCUT2D eigenvalue weighted by molar-refractivity contribution is 7.92. The minimum Gasteiger partial charge on any atom is -0.465 e. The van der Waals surface area contributed by atoms with Crippen molar-refractivity contribution in [2.75, 3.05) is 13.2 Å². The smallest absolute Gasteiger partial charge is 0.315 e. The van der Waals surface area contributed by atoms with E-state index in [0.29, 0.717) is 0 Å². The Balaban J connectivity index is 2.11. The zero-order valence-electron chi connectivity index (χ0n) is 14.0. The quantitative estimate of drug-likeness (QED) is 0.799. The van der Waals surface area contributed by atoms with Gasteiger partial charge in [0.1, 0.15) is 5.41 Å². The second-order valence-corrected chi connectivity index (χ2v) is 8.20. The van der Waals surface area contributed by atoms with Gasteiger partial charge in [0.2, 0.25) is 0 Å². The maximum Gasteiger partial charge on any atom is 0.315 e. The predicted octanol–water partition coefficient (Wildman–Crippen LogP) is 2.13. The van der Waals surface area contributed by atoms with E-state index in [1.54, 1.807) is 37.3 Å². The molecule has 3 rings (SSSR count). The molecule has 2 aromatic carbocycles. The van der Waals surface area contributed by atoms with Crippen molar-refractivity contribution in [1.29, 1.82) is 0 Å². The molecule has 0 radical (unpaired) electrons. The minimum absolute atomic E-state index is 0.0812. The van der Waals surface area contributed by atoms with E-state index in [1.807, 2.05) is 30.3 Å². The van der Waals surface area contributed by atoms with Crippen LogP contribution in [0, 0.1) is 5.41 Å². The molecule has 0 amide bonds. The molecule has 1 aliphatic rings. The third-order valence-electron chi connectivity index (χ3n) is 4.81. The molecule has 0 aliphatic heterocycles. The maximum atomic E-state index is 13.2. The van der Waals surface area contributed by atoms with Gasteiger partial charge < -0.3 is 10.5 Å². The summed E-state index contributed by atoms with van der Waals surface area (Å²) in [5, 5.41) is -0.922. The molecular weight excluding hydrogens is 338 g/mol. The Morgan fingerprint density at radius 3 is 2.16 bits per heavy atom. The van der Waals surface area contributed by atoms with Gasteiger partial charge in [-0.05, 0) is 24.6 Å². The summed E-state index contributed by atoms with van der Waals surface area (Å²) in [5.74, 6) is -1.06. The molecule has 6 heteroatoms. The molecule has 132 valence electrons. The first-order valence-electron chi connectivity index (χ1n) is 8.21. The Morgan fingerprint density at radius 1 is 1.08 bits per heavy atom. The summed E-state index contributed by atoms with van der Waals surface area (Å²) >= 11 is 0. The third kappa shape index (κ3) is 2.75. The largest absolute Gasteiger partial charge is 0.465 e. The van der Waals surface area contributed by atoms with E-state index in [-0.39, 0.29) is 18.0 Å². The van der Waals surface area contributed by atoms with Crippen LogP contribution in [0.15, 0.2) is 65.6 Å². The molecule has 3 atom stereocenters. The van der Waals surface area contributed by atoms with Crippen LogP contribution in [0.5, 0.6) is 0 Å². The summed E-state index contributed by atoms with van der Waals surface area (Å²) in [6, 6.07) is 17.3. The van der Waals surface area contributed by atoms with Crippen LogP contribution < -0.4 is 5.73 Å². The summed E-state index contributed by atoms with van der Waals surface area (Å²) in [5.41, 5.74) is 5.47. The van der Waals surface area contributed by atoms with Crippen LogP contribution in [0.3, 0.4) is 0 Å². The molecule has 2 aromatic rings. The standard InChI is InChI=1S/C19H21NO4S/c1-2-24-18(21)19(13-20)16(14-9-5-3-6-10-14)17(19)25(22,23)15-11-7-4-8-12-15/h3-12,16-17H,2,13,20H2,1H3/t16-,17-,19-/m0/s1. The van der Waals surface area contributed by atoms with E-state index >= 15 is 0 Å². The van der Waals surface area contributed by atoms with Gasteiger partial charge in [-0.2, -0.15) is 0 Å². The van der Waals surface area contributed by atoms with Crippen molar-refractivity contribution >= 4 is 15.8 Å². The van der Waals surface area contributed by atoms with Crippen LogP contribution >= 0.6 is 0 Å². The zero-order valence-corrected chi connectivity index (χ0v) is 14.8. The number of carbonyl (C=O) groups is 1. The fourth-order valence-corrected chi connectivity index (χ4v) is 5.99. The van der Waals surface area contributed by atoms with Crippen molar-refractivity contribution in [3.63, 3.8) is 0 Å². The first-order valence-corrected chi connectivity index (χ1v) is 9.76. The van der Waals surface area contributed by atoms with Crippen molar-refractivity contribution in [2.24, 2.45) is 11.1 Å². The third-order valence-corrected chi connectivity index (χ3v) is 7.10. The predicted molar refractivity (Wildman–Crippen MR) is 94.7 cm³/mol. The van der Waals surface area contributed by atoms with Crippen molar-refractivity contribution in [3.8, 4) is 0 Å². The van der Waals surface area contributed by atoms with E-state index in [0.717, 1.165) is 5.56 Å². The van der Waals surface area contributed by atoms with Crippen molar-refractivity contribution in [2.45, 2.75) is 23.0 Å². The number of esters is 1. The van der Waals surface area contributed by atoms with E-state index in [1.165, 1.54) is 0 Å². The summed E-state index contributed by atoms with van der Waals surface area (Å²) in [7, 11) is -3.73. The highest BCUT2D eigenvalue weighted by atomic mass is 32.2. The van der Waals surface area contributed by atoms with Crippen molar-refractivity contribution < 1.29 is 17.9 Å². The first kappa shape index (κ1) is 17.6. The van der Waals surface area contributed by atoms with Gasteiger partial charge in [0.25, 0.3) is 0 Å². The lowest BCUT2D eigenvalue weighted by Gasteiger charge is -2.14. The molecule has 0 spiro atoms. The van der Waals surface area contributed by atoms with Gasteiger partial charge in [0.15, 0.2) is 9.84 Å². The number of hydrogen-bond acceptors (Lipinski definition) is 5. The van der Waals surface area contributed by atoms with E-state index in [4.69, 9.17) is 10.5 Å². The number of benzene rings is 2. The molecule has 0 bridgehead atoms. The summed E-state index contributed by atoms with van der Waals surface area (Å²) < 4.78 is 31.6. The first-order chi connectivity index (χ1) is 12.0.